The first-order valence-electron chi connectivity index (χ1n) is 16.7. The van der Waals surface area contributed by atoms with Gasteiger partial charge in [-0.2, -0.15) is 4.57 Å². The number of imidazole rings is 1. The van der Waals surface area contributed by atoms with E-state index in [1.165, 1.54) is 11.1 Å². The molecule has 10 rings (SSSR count). The molecule has 7 aromatic carbocycles. The predicted octanol–water partition coefficient (Wildman–Crippen LogP) is 11.6. The Bertz CT molecular complexity index is 2890. The van der Waals surface area contributed by atoms with Gasteiger partial charge in [-0.1, -0.05) is 97.1 Å². The van der Waals surface area contributed by atoms with E-state index in [2.05, 4.69) is 163 Å². The van der Waals surface area contributed by atoms with E-state index in [9.17, 15) is 0 Å². The maximum Gasteiger partial charge on any atom is 0.298 e. The molecule has 0 aliphatic rings. The number of rotatable bonds is 4. The molecule has 0 unspecified atom stereocenters. The summed E-state index contributed by atoms with van der Waals surface area (Å²) < 4.78 is 17.9. The van der Waals surface area contributed by atoms with Crippen molar-refractivity contribution in [1.29, 1.82) is 0 Å². The molecule has 232 valence electrons. The average Bonchev–Trinajstić information content (AvgIpc) is 3.80. The van der Waals surface area contributed by atoms with Gasteiger partial charge in [0.15, 0.2) is 16.6 Å². The molecule has 4 nitrogen and oxygen atoms in total. The summed E-state index contributed by atoms with van der Waals surface area (Å²) in [6, 6.07) is 53.5. The van der Waals surface area contributed by atoms with E-state index in [1.54, 1.807) is 0 Å². The van der Waals surface area contributed by atoms with Crippen molar-refractivity contribution < 1.29 is 13.4 Å². The molecule has 0 saturated heterocycles. The zero-order chi connectivity index (χ0) is 32.6. The van der Waals surface area contributed by atoms with Crippen molar-refractivity contribution in [2.24, 2.45) is 7.05 Å². The average molecular weight is 632 g/mol. The van der Waals surface area contributed by atoms with Crippen LogP contribution in [0.4, 0.5) is 0 Å². The third-order valence-electron chi connectivity index (χ3n) is 10.0. The standard InChI is InChI=1S/C45H31N2O2/c1-28-17-21-36-34-22-18-32(30-13-7-4-8-14-30)26-42(34)49-44(36)43(28)45-46(2)38-15-9-10-16-39(38)47(45)33-20-24-40-37(27-33)35-23-19-31(25-41(35)48-40)29-11-5-3-6-12-29/h3-27H,1-2H3/q+1. The third kappa shape index (κ3) is 4.20. The molecule has 0 aliphatic carbocycles. The first-order chi connectivity index (χ1) is 24.1. The smallest absolute Gasteiger partial charge is 0.298 e. The number of fused-ring (bicyclic) bond motifs is 7. The largest absolute Gasteiger partial charge is 0.456 e. The number of nitrogens with zero attached hydrogens (tertiary/aromatic N) is 2. The summed E-state index contributed by atoms with van der Waals surface area (Å²) >= 11 is 0. The molecule has 10 aromatic rings. The van der Waals surface area contributed by atoms with E-state index < -0.39 is 0 Å². The maximum absolute atomic E-state index is 6.84. The minimum Gasteiger partial charge on any atom is -0.456 e. The van der Waals surface area contributed by atoms with Crippen LogP contribution in [0, 0.1) is 6.92 Å². The van der Waals surface area contributed by atoms with Crippen molar-refractivity contribution in [3.05, 3.63) is 157 Å². The van der Waals surface area contributed by atoms with Crippen LogP contribution in [-0.2, 0) is 7.05 Å². The summed E-state index contributed by atoms with van der Waals surface area (Å²) in [5.41, 5.74) is 13.7. The van der Waals surface area contributed by atoms with Crippen molar-refractivity contribution in [2.75, 3.05) is 0 Å². The second kappa shape index (κ2) is 10.6. The molecule has 0 saturated carbocycles. The van der Waals surface area contributed by atoms with Crippen LogP contribution in [0.2, 0.25) is 0 Å². The highest BCUT2D eigenvalue weighted by molar-refractivity contribution is 6.11. The number of para-hydroxylation sites is 2. The molecule has 0 radical (unpaired) electrons. The number of hydrogen-bond donors (Lipinski definition) is 0. The summed E-state index contributed by atoms with van der Waals surface area (Å²) in [7, 11) is 2.15. The van der Waals surface area contributed by atoms with E-state index in [0.717, 1.165) is 88.7 Å². The van der Waals surface area contributed by atoms with Gasteiger partial charge in [-0.15, -0.1) is 0 Å². The molecule has 3 aromatic heterocycles. The quantitative estimate of drug-likeness (QED) is 0.181. The van der Waals surface area contributed by atoms with Crippen molar-refractivity contribution in [1.82, 2.24) is 4.57 Å². The summed E-state index contributed by atoms with van der Waals surface area (Å²) in [6.45, 7) is 2.18. The minimum atomic E-state index is 0.871. The fraction of sp³-hybridized carbons (Fsp3) is 0.0444. The van der Waals surface area contributed by atoms with Gasteiger partial charge in [0.2, 0.25) is 0 Å². The van der Waals surface area contributed by atoms with Crippen LogP contribution in [0.25, 0.3) is 94.2 Å². The second-order valence-corrected chi connectivity index (χ2v) is 12.9. The topological polar surface area (TPSA) is 35.1 Å². The van der Waals surface area contributed by atoms with E-state index in [0.29, 0.717) is 0 Å². The molecule has 0 aliphatic heterocycles. The van der Waals surface area contributed by atoms with E-state index >= 15 is 0 Å². The lowest BCUT2D eigenvalue weighted by atomic mass is 10.0. The predicted molar refractivity (Wildman–Crippen MR) is 200 cm³/mol. The van der Waals surface area contributed by atoms with Crippen LogP contribution >= 0.6 is 0 Å². The minimum absolute atomic E-state index is 0.871. The summed E-state index contributed by atoms with van der Waals surface area (Å²) in [4.78, 5) is 0. The number of furan rings is 2. The molecule has 0 atom stereocenters. The zero-order valence-corrected chi connectivity index (χ0v) is 27.1. The summed E-state index contributed by atoms with van der Waals surface area (Å²) in [5.74, 6) is 1.06. The maximum atomic E-state index is 6.84. The number of aryl methyl sites for hydroxylation is 2. The fourth-order valence-electron chi connectivity index (χ4n) is 7.60. The first kappa shape index (κ1) is 27.7. The third-order valence-corrected chi connectivity index (χ3v) is 10.0. The SMILES string of the molecule is Cc1ccc2c(oc3cc(-c4ccccc4)ccc32)c1-c1n(-c2ccc3oc4cc(-c5ccccc5)ccc4c3c2)c2ccccc2[n+]1C. The van der Waals surface area contributed by atoms with E-state index in [4.69, 9.17) is 8.83 Å². The lowest BCUT2D eigenvalue weighted by Crippen LogP contribution is -2.30. The first-order valence-corrected chi connectivity index (χ1v) is 16.7. The number of benzene rings is 7. The highest BCUT2D eigenvalue weighted by Gasteiger charge is 2.30. The van der Waals surface area contributed by atoms with Gasteiger partial charge in [-0.25, -0.2) is 4.57 Å². The van der Waals surface area contributed by atoms with Gasteiger partial charge in [0.05, 0.1) is 7.05 Å². The van der Waals surface area contributed by atoms with Crippen LogP contribution < -0.4 is 4.57 Å². The van der Waals surface area contributed by atoms with Gasteiger partial charge >= 0.3 is 0 Å². The van der Waals surface area contributed by atoms with E-state index in [-0.39, 0.29) is 0 Å². The normalized spacial score (nSPS) is 11.9. The monoisotopic (exact) mass is 631 g/mol. The Labute approximate surface area is 282 Å². The van der Waals surface area contributed by atoms with Crippen LogP contribution in [0.5, 0.6) is 0 Å². The molecule has 49 heavy (non-hydrogen) atoms. The van der Waals surface area contributed by atoms with Gasteiger partial charge in [-0.3, -0.25) is 0 Å². The molecule has 4 heteroatoms. The van der Waals surface area contributed by atoms with Crippen LogP contribution in [0.1, 0.15) is 5.56 Å². The molecule has 0 N–H and O–H groups in total. The Kier molecular flexibility index (Phi) is 5.97. The van der Waals surface area contributed by atoms with Crippen LogP contribution in [-0.4, -0.2) is 4.57 Å². The van der Waals surface area contributed by atoms with Crippen LogP contribution in [0.3, 0.4) is 0 Å². The Hall–Kier alpha value is -6.39. The summed E-state index contributed by atoms with van der Waals surface area (Å²) in [6.07, 6.45) is 0. The van der Waals surface area contributed by atoms with Crippen LogP contribution in [0.15, 0.2) is 160 Å². The lowest BCUT2D eigenvalue weighted by molar-refractivity contribution is -0.633. The van der Waals surface area contributed by atoms with Gasteiger partial charge in [0.25, 0.3) is 5.82 Å². The summed E-state index contributed by atoms with van der Waals surface area (Å²) in [5, 5.41) is 4.41. The molecule has 0 fully saturated rings. The van der Waals surface area contributed by atoms with Crippen molar-refractivity contribution in [2.45, 2.75) is 6.92 Å². The fourth-order valence-corrected chi connectivity index (χ4v) is 7.60. The van der Waals surface area contributed by atoms with Gasteiger partial charge in [0.1, 0.15) is 28.0 Å². The molecule has 3 heterocycles. The highest BCUT2D eigenvalue weighted by atomic mass is 16.3. The van der Waals surface area contributed by atoms with Gasteiger partial charge < -0.3 is 8.83 Å². The molecular formula is C45H31N2O2+. The Morgan fingerprint density at radius 1 is 0.490 bits per heavy atom. The Balaban J connectivity index is 1.21. The van der Waals surface area contributed by atoms with Gasteiger partial charge in [0, 0.05) is 21.5 Å². The number of hydrogen-bond acceptors (Lipinski definition) is 2. The van der Waals surface area contributed by atoms with E-state index in [1.807, 2.05) is 12.1 Å². The molecule has 0 spiro atoms. The number of aromatic nitrogens is 2. The molecule has 0 amide bonds. The van der Waals surface area contributed by atoms with Crippen molar-refractivity contribution in [3.63, 3.8) is 0 Å². The molecule has 0 bridgehead atoms. The van der Waals surface area contributed by atoms with Crippen molar-refractivity contribution in [3.8, 4) is 39.3 Å². The lowest BCUT2D eigenvalue weighted by Gasteiger charge is -2.07. The Morgan fingerprint density at radius 3 is 1.82 bits per heavy atom. The zero-order valence-electron chi connectivity index (χ0n) is 27.1. The second-order valence-electron chi connectivity index (χ2n) is 12.9. The highest BCUT2D eigenvalue weighted by Crippen LogP contribution is 2.41. The Morgan fingerprint density at radius 2 is 1.10 bits per heavy atom. The molecular weight excluding hydrogens is 601 g/mol. The van der Waals surface area contributed by atoms with Gasteiger partial charge in [-0.05, 0) is 89.3 Å². The van der Waals surface area contributed by atoms with Crippen molar-refractivity contribution >= 4 is 54.9 Å².